The fourth-order valence-corrected chi connectivity index (χ4v) is 3.83. The van der Waals surface area contributed by atoms with Crippen LogP contribution in [0.2, 0.25) is 0 Å². The van der Waals surface area contributed by atoms with E-state index in [1.165, 1.54) is 55.6 Å². The molecule has 0 saturated carbocycles. The Bertz CT molecular complexity index is 1240. The lowest BCUT2D eigenvalue weighted by Gasteiger charge is -2.29. The molecule has 1 N–H and O–H groups in total. The quantitative estimate of drug-likeness (QED) is 0.523. The Morgan fingerprint density at radius 2 is 1.61 bits per heavy atom. The molecule has 0 amide bonds. The van der Waals surface area contributed by atoms with Crippen molar-refractivity contribution < 1.29 is 18.6 Å². The molecule has 2 aromatic carbocycles. The Labute approximate surface area is 177 Å². The third-order valence-electron chi connectivity index (χ3n) is 5.40. The maximum Gasteiger partial charge on any atom is 0.159 e. The van der Waals surface area contributed by atoms with Gasteiger partial charge in [0.25, 0.3) is 0 Å². The van der Waals surface area contributed by atoms with E-state index in [1.807, 2.05) is 6.92 Å². The number of aryl methyl sites for hydroxylation is 1. The SMILES string of the molecule is CCc1c(C(O)(c2ccc(F)cc2)c2ccc(F)cc2)nn2cc(OC)c(C#N)cc12. The van der Waals surface area contributed by atoms with Crippen molar-refractivity contribution in [1.82, 2.24) is 9.61 Å². The van der Waals surface area contributed by atoms with Crippen LogP contribution in [-0.4, -0.2) is 21.8 Å². The molecule has 0 saturated heterocycles. The molecular weight excluding hydrogens is 400 g/mol. The number of hydrogen-bond acceptors (Lipinski definition) is 4. The van der Waals surface area contributed by atoms with Gasteiger partial charge in [0.2, 0.25) is 0 Å². The molecule has 156 valence electrons. The Morgan fingerprint density at radius 3 is 2.06 bits per heavy atom. The predicted molar refractivity (Wildman–Crippen MR) is 111 cm³/mol. The van der Waals surface area contributed by atoms with Crippen molar-refractivity contribution in [3.8, 4) is 11.8 Å². The summed E-state index contributed by atoms with van der Waals surface area (Å²) in [5, 5.41) is 26.2. The largest absolute Gasteiger partial charge is 0.494 e. The van der Waals surface area contributed by atoms with Crippen LogP contribution in [0.15, 0.2) is 60.8 Å². The first kappa shape index (κ1) is 20.5. The lowest BCUT2D eigenvalue weighted by atomic mass is 9.81. The summed E-state index contributed by atoms with van der Waals surface area (Å²) in [4.78, 5) is 0. The molecule has 0 aliphatic rings. The molecule has 0 spiro atoms. The van der Waals surface area contributed by atoms with Crippen molar-refractivity contribution in [3.63, 3.8) is 0 Å². The van der Waals surface area contributed by atoms with Gasteiger partial charge >= 0.3 is 0 Å². The molecule has 0 aliphatic heterocycles. The van der Waals surface area contributed by atoms with E-state index in [1.54, 1.807) is 16.8 Å². The number of aliphatic hydroxyl groups is 1. The van der Waals surface area contributed by atoms with Crippen LogP contribution in [-0.2, 0) is 12.0 Å². The first-order valence-corrected chi connectivity index (χ1v) is 9.66. The van der Waals surface area contributed by atoms with Gasteiger partial charge in [-0.3, -0.25) is 0 Å². The average Bonchev–Trinajstić information content (AvgIpc) is 3.16. The lowest BCUT2D eigenvalue weighted by Crippen LogP contribution is -2.30. The van der Waals surface area contributed by atoms with Gasteiger partial charge in [0.1, 0.15) is 23.4 Å². The number of rotatable bonds is 5. The van der Waals surface area contributed by atoms with Crippen molar-refractivity contribution in [2.45, 2.75) is 18.9 Å². The summed E-state index contributed by atoms with van der Waals surface area (Å²) < 4.78 is 34.1. The lowest BCUT2D eigenvalue weighted by molar-refractivity contribution is 0.119. The molecule has 0 bridgehead atoms. The zero-order valence-corrected chi connectivity index (χ0v) is 16.9. The van der Waals surface area contributed by atoms with E-state index in [0.29, 0.717) is 45.6 Å². The number of ether oxygens (including phenoxy) is 1. The van der Waals surface area contributed by atoms with Crippen LogP contribution in [0, 0.1) is 23.0 Å². The van der Waals surface area contributed by atoms with Gasteiger partial charge in [-0.1, -0.05) is 31.2 Å². The third kappa shape index (κ3) is 3.31. The first-order valence-electron chi connectivity index (χ1n) is 9.66. The number of benzene rings is 2. The zero-order chi connectivity index (χ0) is 22.2. The van der Waals surface area contributed by atoms with E-state index in [9.17, 15) is 19.1 Å². The van der Waals surface area contributed by atoms with E-state index < -0.39 is 17.2 Å². The molecule has 0 atom stereocenters. The van der Waals surface area contributed by atoms with E-state index >= 15 is 0 Å². The van der Waals surface area contributed by atoms with Crippen molar-refractivity contribution in [2.24, 2.45) is 0 Å². The van der Waals surface area contributed by atoms with Gasteiger partial charge in [-0.2, -0.15) is 10.4 Å². The molecule has 4 aromatic rings. The highest BCUT2D eigenvalue weighted by molar-refractivity contribution is 5.65. The predicted octanol–water partition coefficient (Wildman–Crippen LogP) is 4.34. The van der Waals surface area contributed by atoms with Gasteiger partial charge in [0.15, 0.2) is 11.4 Å². The average molecular weight is 419 g/mol. The Balaban J connectivity index is 2.06. The molecule has 0 radical (unpaired) electrons. The summed E-state index contributed by atoms with van der Waals surface area (Å²) in [5.74, 6) is -0.544. The minimum Gasteiger partial charge on any atom is -0.494 e. The fourth-order valence-electron chi connectivity index (χ4n) is 3.83. The smallest absolute Gasteiger partial charge is 0.159 e. The number of methoxy groups -OCH3 is 1. The number of fused-ring (bicyclic) bond motifs is 1. The van der Waals surface area contributed by atoms with E-state index in [4.69, 9.17) is 4.74 Å². The van der Waals surface area contributed by atoms with Crippen LogP contribution >= 0.6 is 0 Å². The Hall–Kier alpha value is -3.76. The maximum atomic E-state index is 13.6. The number of hydrogen-bond donors (Lipinski definition) is 1. The van der Waals surface area contributed by atoms with Gasteiger partial charge in [-0.05, 0) is 47.9 Å². The van der Waals surface area contributed by atoms with Gasteiger partial charge in [0, 0.05) is 5.56 Å². The molecule has 4 rings (SSSR count). The van der Waals surface area contributed by atoms with Crippen LogP contribution in [0.4, 0.5) is 8.78 Å². The number of pyridine rings is 1. The van der Waals surface area contributed by atoms with E-state index in [0.717, 1.165) is 0 Å². The summed E-state index contributed by atoms with van der Waals surface area (Å²) in [6, 6.07) is 14.7. The zero-order valence-electron chi connectivity index (χ0n) is 16.9. The van der Waals surface area contributed by atoms with Gasteiger partial charge in [-0.15, -0.1) is 0 Å². The molecule has 2 aromatic heterocycles. The second kappa shape index (κ2) is 7.82. The van der Waals surface area contributed by atoms with Crippen LogP contribution in [0.25, 0.3) is 5.52 Å². The van der Waals surface area contributed by atoms with Crippen molar-refractivity contribution >= 4 is 5.52 Å². The first-order chi connectivity index (χ1) is 14.9. The number of halogens is 2. The van der Waals surface area contributed by atoms with Crippen LogP contribution in [0.3, 0.4) is 0 Å². The van der Waals surface area contributed by atoms with E-state index in [-0.39, 0.29) is 0 Å². The summed E-state index contributed by atoms with van der Waals surface area (Å²) in [5.41, 5.74) is 0.970. The van der Waals surface area contributed by atoms with Gasteiger partial charge in [-0.25, -0.2) is 13.3 Å². The highest BCUT2D eigenvalue weighted by Crippen LogP contribution is 2.39. The van der Waals surface area contributed by atoms with Crippen molar-refractivity contribution in [3.05, 3.63) is 100 Å². The number of nitriles is 1. The second-order valence-corrected chi connectivity index (χ2v) is 7.10. The number of nitrogens with zero attached hydrogens (tertiary/aromatic N) is 3. The minimum absolute atomic E-state index is 0.311. The standard InChI is InChI=1S/C24H19F2N3O2/c1-3-20-21-12-15(13-27)22(31-2)14-29(21)28-23(20)24(30,16-4-8-18(25)9-5-16)17-6-10-19(26)11-7-17/h4-12,14,30H,3H2,1-2H3. The molecule has 0 aliphatic carbocycles. The summed E-state index contributed by atoms with van der Waals surface area (Å²) in [6.07, 6.45) is 2.08. The highest BCUT2D eigenvalue weighted by Gasteiger charge is 2.39. The summed E-state index contributed by atoms with van der Waals surface area (Å²) in [7, 11) is 1.46. The minimum atomic E-state index is -1.78. The summed E-state index contributed by atoms with van der Waals surface area (Å²) >= 11 is 0. The van der Waals surface area contributed by atoms with Crippen LogP contribution in [0.1, 0.15) is 34.9 Å². The Kier molecular flexibility index (Phi) is 5.17. The fraction of sp³-hybridized carbons (Fsp3) is 0.167. The molecule has 0 unspecified atom stereocenters. The van der Waals surface area contributed by atoms with Crippen molar-refractivity contribution in [1.29, 1.82) is 5.26 Å². The Morgan fingerprint density at radius 1 is 1.06 bits per heavy atom. The van der Waals surface area contributed by atoms with Crippen molar-refractivity contribution in [2.75, 3.05) is 7.11 Å². The van der Waals surface area contributed by atoms with Crippen LogP contribution < -0.4 is 4.74 Å². The molecule has 0 fully saturated rings. The molecule has 5 nitrogen and oxygen atoms in total. The molecule has 31 heavy (non-hydrogen) atoms. The number of aromatic nitrogens is 2. The highest BCUT2D eigenvalue weighted by atomic mass is 19.1. The van der Waals surface area contributed by atoms with Crippen LogP contribution in [0.5, 0.6) is 5.75 Å². The molecular formula is C24H19F2N3O2. The topological polar surface area (TPSA) is 70.6 Å². The molecule has 2 heterocycles. The van der Waals surface area contributed by atoms with Gasteiger partial charge in [0.05, 0.1) is 24.4 Å². The summed E-state index contributed by atoms with van der Waals surface area (Å²) in [6.45, 7) is 1.91. The second-order valence-electron chi connectivity index (χ2n) is 7.10. The van der Waals surface area contributed by atoms with E-state index in [2.05, 4.69) is 11.2 Å². The monoisotopic (exact) mass is 419 g/mol. The third-order valence-corrected chi connectivity index (χ3v) is 5.40. The normalized spacial score (nSPS) is 11.5. The van der Waals surface area contributed by atoms with Gasteiger partial charge < -0.3 is 9.84 Å². The maximum absolute atomic E-state index is 13.6. The molecule has 7 heteroatoms.